The molecule has 4 nitrogen and oxygen atoms in total. The maximum absolute atomic E-state index is 11.0. The van der Waals surface area contributed by atoms with Gasteiger partial charge in [-0.3, -0.25) is 4.98 Å². The highest BCUT2D eigenvalue weighted by Gasteiger charge is 2.00. The van der Waals surface area contributed by atoms with E-state index in [1.165, 1.54) is 0 Å². The van der Waals surface area contributed by atoms with Crippen molar-refractivity contribution in [3.8, 4) is 0 Å². The number of hydrogen-bond acceptors (Lipinski definition) is 3. The molecular formula is C13H16N2O2. The van der Waals surface area contributed by atoms with Crippen LogP contribution in [0.1, 0.15) is 25.3 Å². The Morgan fingerprint density at radius 3 is 3.12 bits per heavy atom. The Balaban J connectivity index is 2.11. The Labute approximate surface area is 99.1 Å². The highest BCUT2D eigenvalue weighted by Crippen LogP contribution is 2.13. The average Bonchev–Trinajstić information content (AvgIpc) is 2.63. The van der Waals surface area contributed by atoms with Crippen molar-refractivity contribution in [3.05, 3.63) is 40.4 Å². The lowest BCUT2D eigenvalue weighted by Gasteiger charge is -1.99. The van der Waals surface area contributed by atoms with Gasteiger partial charge in [-0.05, 0) is 37.5 Å². The first-order chi connectivity index (χ1) is 8.15. The Bertz CT molecular complexity index is 578. The summed E-state index contributed by atoms with van der Waals surface area (Å²) in [6.07, 6.45) is 6.01. The number of rotatable bonds is 4. The van der Waals surface area contributed by atoms with E-state index in [2.05, 4.69) is 11.1 Å². The summed E-state index contributed by atoms with van der Waals surface area (Å²) in [7, 11) is 0. The van der Waals surface area contributed by atoms with Crippen LogP contribution in [0.3, 0.4) is 0 Å². The van der Waals surface area contributed by atoms with Gasteiger partial charge in [-0.1, -0.05) is 18.2 Å². The van der Waals surface area contributed by atoms with Gasteiger partial charge in [0.25, 0.3) is 0 Å². The molecule has 0 fully saturated rings. The Hall–Kier alpha value is -1.81. The van der Waals surface area contributed by atoms with Crippen molar-refractivity contribution in [1.82, 2.24) is 4.98 Å². The second-order valence-corrected chi connectivity index (χ2v) is 4.23. The maximum atomic E-state index is 11.0. The molecular weight excluding hydrogens is 216 g/mol. The Kier molecular flexibility index (Phi) is 3.44. The second-order valence-electron chi connectivity index (χ2n) is 4.23. The smallest absolute Gasteiger partial charge is 0.408 e. The zero-order valence-electron chi connectivity index (χ0n) is 9.77. The van der Waals surface area contributed by atoms with Crippen LogP contribution in [0, 0.1) is 0 Å². The summed E-state index contributed by atoms with van der Waals surface area (Å²) >= 11 is 0. The van der Waals surface area contributed by atoms with Crippen molar-refractivity contribution in [3.63, 3.8) is 0 Å². The van der Waals surface area contributed by atoms with Gasteiger partial charge in [0.2, 0.25) is 0 Å². The molecule has 1 heterocycles. The topological polar surface area (TPSA) is 72.0 Å². The van der Waals surface area contributed by atoms with E-state index in [-0.39, 0.29) is 6.04 Å². The minimum atomic E-state index is -0.418. The van der Waals surface area contributed by atoms with Gasteiger partial charge >= 0.3 is 5.76 Å². The summed E-state index contributed by atoms with van der Waals surface area (Å²) in [5.41, 5.74) is 7.99. The molecule has 0 spiro atoms. The van der Waals surface area contributed by atoms with Crippen LogP contribution in [0.2, 0.25) is 0 Å². The monoisotopic (exact) mass is 232 g/mol. The molecule has 2 aromatic rings. The van der Waals surface area contributed by atoms with Gasteiger partial charge in [0, 0.05) is 6.04 Å². The number of benzene rings is 1. The Morgan fingerprint density at radius 1 is 1.53 bits per heavy atom. The molecule has 0 radical (unpaired) electrons. The van der Waals surface area contributed by atoms with E-state index in [9.17, 15) is 4.79 Å². The molecule has 3 N–H and O–H groups in total. The van der Waals surface area contributed by atoms with Crippen LogP contribution in [-0.4, -0.2) is 11.0 Å². The van der Waals surface area contributed by atoms with Gasteiger partial charge in [0.15, 0.2) is 5.58 Å². The van der Waals surface area contributed by atoms with Crippen molar-refractivity contribution < 1.29 is 4.42 Å². The van der Waals surface area contributed by atoms with E-state index in [0.717, 1.165) is 23.9 Å². The molecule has 0 bridgehead atoms. The Morgan fingerprint density at radius 2 is 2.35 bits per heavy atom. The first-order valence-electron chi connectivity index (χ1n) is 5.70. The highest BCUT2D eigenvalue weighted by molar-refractivity contribution is 5.75. The molecule has 0 aliphatic carbocycles. The normalized spacial score (nSPS) is 13.5. The number of aromatic nitrogens is 1. The van der Waals surface area contributed by atoms with Gasteiger partial charge in [0.05, 0.1) is 5.52 Å². The third-order valence-electron chi connectivity index (χ3n) is 2.54. The van der Waals surface area contributed by atoms with E-state index < -0.39 is 5.76 Å². The highest BCUT2D eigenvalue weighted by atomic mass is 16.4. The molecule has 4 heteroatoms. The molecule has 0 amide bonds. The molecule has 1 aromatic heterocycles. The number of fused-ring (bicyclic) bond motifs is 1. The van der Waals surface area contributed by atoms with Gasteiger partial charge in [-0.15, -0.1) is 0 Å². The van der Waals surface area contributed by atoms with Crippen LogP contribution in [0.15, 0.2) is 33.5 Å². The fourth-order valence-corrected chi connectivity index (χ4v) is 1.64. The summed E-state index contributed by atoms with van der Waals surface area (Å²) in [6.45, 7) is 1.99. The van der Waals surface area contributed by atoms with Crippen LogP contribution in [0.5, 0.6) is 0 Å². The van der Waals surface area contributed by atoms with Gasteiger partial charge in [-0.2, -0.15) is 0 Å². The van der Waals surface area contributed by atoms with Crippen LogP contribution < -0.4 is 11.5 Å². The van der Waals surface area contributed by atoms with E-state index in [4.69, 9.17) is 10.2 Å². The van der Waals surface area contributed by atoms with E-state index in [1.807, 2.05) is 31.2 Å². The number of hydrogen-bond donors (Lipinski definition) is 2. The summed E-state index contributed by atoms with van der Waals surface area (Å²) in [4.78, 5) is 13.6. The average molecular weight is 232 g/mol. The predicted molar refractivity (Wildman–Crippen MR) is 68.8 cm³/mol. The fourth-order valence-electron chi connectivity index (χ4n) is 1.64. The number of H-pyrrole nitrogens is 1. The van der Waals surface area contributed by atoms with Gasteiger partial charge in [0.1, 0.15) is 0 Å². The minimum Gasteiger partial charge on any atom is -0.408 e. The molecule has 0 aliphatic rings. The van der Waals surface area contributed by atoms with Crippen LogP contribution in [0.4, 0.5) is 0 Å². The van der Waals surface area contributed by atoms with Crippen molar-refractivity contribution in [2.45, 2.75) is 25.8 Å². The van der Waals surface area contributed by atoms with E-state index in [1.54, 1.807) is 0 Å². The third-order valence-corrected chi connectivity index (χ3v) is 2.54. The zero-order chi connectivity index (χ0) is 12.3. The van der Waals surface area contributed by atoms with Crippen LogP contribution in [-0.2, 0) is 0 Å². The van der Waals surface area contributed by atoms with Crippen molar-refractivity contribution in [2.24, 2.45) is 5.73 Å². The summed E-state index contributed by atoms with van der Waals surface area (Å²) in [6, 6.07) is 5.85. The number of nitrogens with one attached hydrogen (secondary N) is 1. The maximum Gasteiger partial charge on any atom is 0.417 e. The molecule has 0 saturated carbocycles. The largest absolute Gasteiger partial charge is 0.417 e. The predicted octanol–water partition coefficient (Wildman–Crippen LogP) is 2.26. The van der Waals surface area contributed by atoms with Gasteiger partial charge < -0.3 is 10.2 Å². The molecule has 1 unspecified atom stereocenters. The van der Waals surface area contributed by atoms with Crippen molar-refractivity contribution >= 4 is 17.2 Å². The molecule has 1 atom stereocenters. The molecule has 1 aromatic carbocycles. The van der Waals surface area contributed by atoms with Gasteiger partial charge in [-0.25, -0.2) is 4.79 Å². The fraction of sp³-hybridized carbons (Fsp3) is 0.308. The lowest BCUT2D eigenvalue weighted by molar-refractivity contribution is 0.555. The van der Waals surface area contributed by atoms with Crippen LogP contribution >= 0.6 is 0 Å². The first-order valence-corrected chi connectivity index (χ1v) is 5.70. The first kappa shape index (κ1) is 11.7. The molecule has 17 heavy (non-hydrogen) atoms. The molecule has 90 valence electrons. The lowest BCUT2D eigenvalue weighted by Crippen LogP contribution is -2.13. The lowest BCUT2D eigenvalue weighted by atomic mass is 10.1. The zero-order valence-corrected chi connectivity index (χ0v) is 9.77. The van der Waals surface area contributed by atoms with E-state index in [0.29, 0.717) is 5.58 Å². The summed E-state index contributed by atoms with van der Waals surface area (Å²) in [5, 5.41) is 0. The SMILES string of the molecule is CC(N)CC/C=C/c1ccc2[nH]c(=O)oc2c1. The molecule has 0 saturated heterocycles. The second kappa shape index (κ2) is 5.01. The number of nitrogens with two attached hydrogens (primary N) is 1. The minimum absolute atomic E-state index is 0.227. The summed E-state index contributed by atoms with van der Waals surface area (Å²) < 4.78 is 4.99. The third kappa shape index (κ3) is 3.07. The van der Waals surface area contributed by atoms with E-state index >= 15 is 0 Å². The molecule has 0 aliphatic heterocycles. The standard InChI is InChI=1S/C13H16N2O2/c1-9(14)4-2-3-5-10-6-7-11-12(8-10)17-13(16)15-11/h3,5-9H,2,4,14H2,1H3,(H,15,16)/b5-3+. The van der Waals surface area contributed by atoms with Crippen molar-refractivity contribution in [1.29, 1.82) is 0 Å². The number of allylic oxidation sites excluding steroid dienone is 1. The van der Waals surface area contributed by atoms with Crippen LogP contribution in [0.25, 0.3) is 17.2 Å². The summed E-state index contributed by atoms with van der Waals surface area (Å²) in [5.74, 6) is -0.418. The molecule has 2 rings (SSSR count). The number of oxazole rings is 1. The quantitative estimate of drug-likeness (QED) is 0.849. The van der Waals surface area contributed by atoms with Crippen molar-refractivity contribution in [2.75, 3.05) is 0 Å². The number of aromatic amines is 1.